The van der Waals surface area contributed by atoms with Crippen LogP contribution in [0.25, 0.3) is 0 Å². The minimum atomic E-state index is -3.66. The van der Waals surface area contributed by atoms with E-state index in [1.807, 2.05) is 0 Å². The van der Waals surface area contributed by atoms with E-state index < -0.39 is 10.0 Å². The molecule has 0 saturated carbocycles. The van der Waals surface area contributed by atoms with Crippen molar-refractivity contribution in [1.82, 2.24) is 18.8 Å². The van der Waals surface area contributed by atoms with Crippen LogP contribution in [0, 0.1) is 6.92 Å². The van der Waals surface area contributed by atoms with Gasteiger partial charge in [-0.3, -0.25) is 4.79 Å². The standard InChI is InChI=1S/C15H19BrN4O4S/c1-11-17-14(10-18(11)2)25(22,23)20-7-3-6-19(8-9-20)15(21)12-4-5-13(16)24-12/h4-5,10H,3,6-9H2,1-2H3. The molecule has 8 nitrogen and oxygen atoms in total. The molecule has 2 aromatic heterocycles. The molecule has 25 heavy (non-hydrogen) atoms. The fraction of sp³-hybridized carbons (Fsp3) is 0.467. The second-order valence-corrected chi connectivity index (χ2v) is 8.56. The fourth-order valence-electron chi connectivity index (χ4n) is 2.71. The molecule has 3 heterocycles. The molecule has 1 aliphatic rings. The largest absolute Gasteiger partial charge is 0.444 e. The first kappa shape index (κ1) is 18.2. The lowest BCUT2D eigenvalue weighted by Gasteiger charge is -2.20. The molecule has 10 heteroatoms. The van der Waals surface area contributed by atoms with Gasteiger partial charge in [-0.05, 0) is 41.4 Å². The first-order valence-electron chi connectivity index (χ1n) is 7.84. The van der Waals surface area contributed by atoms with Gasteiger partial charge in [-0.1, -0.05) is 0 Å². The first-order chi connectivity index (χ1) is 11.8. The lowest BCUT2D eigenvalue weighted by Crippen LogP contribution is -2.37. The van der Waals surface area contributed by atoms with Gasteiger partial charge in [-0.25, -0.2) is 13.4 Å². The highest BCUT2D eigenvalue weighted by molar-refractivity contribution is 9.10. The Morgan fingerprint density at radius 3 is 2.60 bits per heavy atom. The van der Waals surface area contributed by atoms with Crippen molar-refractivity contribution in [1.29, 1.82) is 0 Å². The quantitative estimate of drug-likeness (QED) is 0.737. The molecule has 0 atom stereocenters. The summed E-state index contributed by atoms with van der Waals surface area (Å²) < 4.78 is 34.4. The second kappa shape index (κ2) is 6.93. The second-order valence-electron chi connectivity index (χ2n) is 5.89. The SMILES string of the molecule is Cc1nc(S(=O)(=O)N2CCCN(C(=O)c3ccc(Br)o3)CC2)cn1C. The van der Waals surface area contributed by atoms with E-state index in [4.69, 9.17) is 4.42 Å². The van der Waals surface area contributed by atoms with E-state index in [9.17, 15) is 13.2 Å². The average molecular weight is 431 g/mol. The van der Waals surface area contributed by atoms with Crippen molar-refractivity contribution in [3.63, 3.8) is 0 Å². The summed E-state index contributed by atoms with van der Waals surface area (Å²) >= 11 is 3.18. The van der Waals surface area contributed by atoms with E-state index >= 15 is 0 Å². The van der Waals surface area contributed by atoms with Gasteiger partial charge in [0.2, 0.25) is 0 Å². The van der Waals surface area contributed by atoms with Crippen molar-refractivity contribution in [2.24, 2.45) is 7.05 Å². The molecular weight excluding hydrogens is 412 g/mol. The van der Waals surface area contributed by atoms with Crippen molar-refractivity contribution < 1.29 is 17.6 Å². The third-order valence-corrected chi connectivity index (χ3v) is 6.41. The van der Waals surface area contributed by atoms with Crippen LogP contribution >= 0.6 is 15.9 Å². The Morgan fingerprint density at radius 2 is 2.00 bits per heavy atom. The molecule has 1 aliphatic heterocycles. The molecule has 0 N–H and O–H groups in total. The van der Waals surface area contributed by atoms with Gasteiger partial charge in [-0.15, -0.1) is 0 Å². The van der Waals surface area contributed by atoms with Crippen LogP contribution in [0.2, 0.25) is 0 Å². The van der Waals surface area contributed by atoms with Crippen molar-refractivity contribution in [2.45, 2.75) is 18.4 Å². The Bertz CT molecular complexity index is 870. The number of carbonyl (C=O) groups excluding carboxylic acids is 1. The number of carbonyl (C=O) groups is 1. The number of rotatable bonds is 3. The molecule has 0 radical (unpaired) electrons. The minimum absolute atomic E-state index is 0.0437. The summed E-state index contributed by atoms with van der Waals surface area (Å²) in [5.41, 5.74) is 0. The van der Waals surface area contributed by atoms with Crippen molar-refractivity contribution in [3.8, 4) is 0 Å². The van der Waals surface area contributed by atoms with Crippen molar-refractivity contribution >= 4 is 31.9 Å². The highest BCUT2D eigenvalue weighted by atomic mass is 79.9. The first-order valence-corrected chi connectivity index (χ1v) is 10.1. The Hall–Kier alpha value is -1.65. The average Bonchev–Trinajstić information content (AvgIpc) is 3.04. The maximum Gasteiger partial charge on any atom is 0.289 e. The summed E-state index contributed by atoms with van der Waals surface area (Å²) in [5.74, 6) is 0.635. The van der Waals surface area contributed by atoms with Gasteiger partial charge in [0.05, 0.1) is 0 Å². The Kier molecular flexibility index (Phi) is 5.03. The Labute approximate surface area is 154 Å². The van der Waals surface area contributed by atoms with Crippen LogP contribution in [0.1, 0.15) is 22.8 Å². The summed E-state index contributed by atoms with van der Waals surface area (Å²) in [5, 5.41) is 0.0437. The monoisotopic (exact) mass is 430 g/mol. The van der Waals surface area contributed by atoms with E-state index in [0.29, 0.717) is 36.5 Å². The summed E-state index contributed by atoms with van der Waals surface area (Å²) in [6.07, 6.45) is 2.07. The van der Waals surface area contributed by atoms with E-state index in [1.54, 1.807) is 35.6 Å². The van der Waals surface area contributed by atoms with Crippen LogP contribution in [-0.2, 0) is 17.1 Å². The van der Waals surface area contributed by atoms with E-state index in [0.717, 1.165) is 0 Å². The highest BCUT2D eigenvalue weighted by Crippen LogP contribution is 2.19. The molecule has 3 rings (SSSR count). The Balaban J connectivity index is 1.74. The minimum Gasteiger partial charge on any atom is -0.444 e. The number of amides is 1. The molecule has 0 aliphatic carbocycles. The zero-order valence-electron chi connectivity index (χ0n) is 14.0. The zero-order chi connectivity index (χ0) is 18.2. The van der Waals surface area contributed by atoms with Gasteiger partial charge >= 0.3 is 0 Å². The molecule has 0 aromatic carbocycles. The van der Waals surface area contributed by atoms with Crippen LogP contribution in [0.15, 0.2) is 32.4 Å². The number of aryl methyl sites for hydroxylation is 2. The van der Waals surface area contributed by atoms with Crippen LogP contribution in [0.3, 0.4) is 0 Å². The van der Waals surface area contributed by atoms with Crippen LogP contribution in [-0.4, -0.2) is 59.3 Å². The number of halogens is 1. The molecule has 1 amide bonds. The van der Waals surface area contributed by atoms with Gasteiger partial charge in [0.15, 0.2) is 15.5 Å². The van der Waals surface area contributed by atoms with Crippen LogP contribution in [0.5, 0.6) is 0 Å². The number of imidazole rings is 1. The molecule has 1 saturated heterocycles. The normalized spacial score (nSPS) is 16.8. The number of furan rings is 1. The highest BCUT2D eigenvalue weighted by Gasteiger charge is 2.31. The molecule has 136 valence electrons. The maximum absolute atomic E-state index is 12.8. The van der Waals surface area contributed by atoms with Crippen molar-refractivity contribution in [3.05, 3.63) is 34.6 Å². The number of hydrogen-bond acceptors (Lipinski definition) is 5. The lowest BCUT2D eigenvalue weighted by molar-refractivity contribution is 0.0731. The van der Waals surface area contributed by atoms with Crippen molar-refractivity contribution in [2.75, 3.05) is 26.2 Å². The third kappa shape index (κ3) is 3.65. The molecule has 1 fully saturated rings. The van der Waals surface area contributed by atoms with Gasteiger partial charge in [0, 0.05) is 39.4 Å². The van der Waals surface area contributed by atoms with E-state index in [1.165, 1.54) is 10.5 Å². The summed E-state index contributed by atoms with van der Waals surface area (Å²) in [4.78, 5) is 18.2. The van der Waals surface area contributed by atoms with Crippen LogP contribution < -0.4 is 0 Å². The topological polar surface area (TPSA) is 88.7 Å². The Morgan fingerprint density at radius 1 is 1.24 bits per heavy atom. The number of sulfonamides is 1. The fourth-order valence-corrected chi connectivity index (χ4v) is 4.51. The van der Waals surface area contributed by atoms with Gasteiger partial charge in [0.25, 0.3) is 15.9 Å². The van der Waals surface area contributed by atoms with Crippen LogP contribution in [0.4, 0.5) is 0 Å². The zero-order valence-corrected chi connectivity index (χ0v) is 16.4. The molecule has 2 aromatic rings. The lowest BCUT2D eigenvalue weighted by atomic mass is 10.3. The number of hydrogen-bond donors (Lipinski definition) is 0. The molecule has 0 unspecified atom stereocenters. The number of nitrogens with zero attached hydrogens (tertiary/aromatic N) is 4. The smallest absolute Gasteiger partial charge is 0.289 e. The predicted octanol–water partition coefficient (Wildman–Crippen LogP) is 1.62. The molecule has 0 bridgehead atoms. The third-order valence-electron chi connectivity index (χ3n) is 4.22. The van der Waals surface area contributed by atoms with E-state index in [2.05, 4.69) is 20.9 Å². The molecular formula is C15H19BrN4O4S. The summed E-state index contributed by atoms with van der Waals surface area (Å²) in [7, 11) is -1.91. The van der Waals surface area contributed by atoms with Gasteiger partial charge < -0.3 is 13.9 Å². The predicted molar refractivity (Wildman–Crippen MR) is 93.6 cm³/mol. The number of aromatic nitrogens is 2. The molecule has 0 spiro atoms. The summed E-state index contributed by atoms with van der Waals surface area (Å²) in [6, 6.07) is 3.26. The maximum atomic E-state index is 12.8. The van der Waals surface area contributed by atoms with Gasteiger partial charge in [-0.2, -0.15) is 4.31 Å². The van der Waals surface area contributed by atoms with E-state index in [-0.39, 0.29) is 23.2 Å². The summed E-state index contributed by atoms with van der Waals surface area (Å²) in [6.45, 7) is 3.12. The van der Waals surface area contributed by atoms with Gasteiger partial charge in [0.1, 0.15) is 5.82 Å².